The number of oxazole rings is 1. The summed E-state index contributed by atoms with van der Waals surface area (Å²) in [4.78, 5) is 17.3. The maximum absolute atomic E-state index is 12.1. The summed E-state index contributed by atoms with van der Waals surface area (Å²) in [5, 5.41) is 1.95. The third-order valence-corrected chi connectivity index (χ3v) is 4.14. The minimum absolute atomic E-state index is 0.0594. The molecule has 3 aromatic rings. The largest absolute Gasteiger partial charge is 0.496 e. The number of thiophene rings is 1. The maximum atomic E-state index is 12.1. The van der Waals surface area contributed by atoms with Crippen molar-refractivity contribution in [3.8, 4) is 16.5 Å². The summed E-state index contributed by atoms with van der Waals surface area (Å²) in [5.41, 5.74) is 1.97. The van der Waals surface area contributed by atoms with Crippen LogP contribution in [0.3, 0.4) is 0 Å². The lowest BCUT2D eigenvalue weighted by atomic mass is 10.1. The van der Waals surface area contributed by atoms with Gasteiger partial charge in [0.2, 0.25) is 5.89 Å². The van der Waals surface area contributed by atoms with E-state index in [4.69, 9.17) is 13.9 Å². The van der Waals surface area contributed by atoms with E-state index in [-0.39, 0.29) is 6.61 Å². The molecule has 0 aliphatic carbocycles. The van der Waals surface area contributed by atoms with Gasteiger partial charge in [0.25, 0.3) is 0 Å². The van der Waals surface area contributed by atoms with Crippen LogP contribution >= 0.6 is 11.3 Å². The van der Waals surface area contributed by atoms with Crippen molar-refractivity contribution >= 4 is 17.3 Å². The van der Waals surface area contributed by atoms with Gasteiger partial charge in [-0.15, -0.1) is 11.3 Å². The highest BCUT2D eigenvalue weighted by atomic mass is 32.1. The highest BCUT2D eigenvalue weighted by Gasteiger charge is 2.12. The van der Waals surface area contributed by atoms with Crippen molar-refractivity contribution in [2.24, 2.45) is 0 Å². The standard InChI is InChI=1S/C17H15NO4S/c1-11-5-6-12(8-14(11)20-2)17(19)22-10-13-9-21-16(18-13)15-4-3-7-23-15/h3-9H,10H2,1-2H3. The summed E-state index contributed by atoms with van der Waals surface area (Å²) in [6.45, 7) is 1.97. The molecule has 23 heavy (non-hydrogen) atoms. The van der Waals surface area contributed by atoms with Crippen molar-refractivity contribution in [3.63, 3.8) is 0 Å². The molecular formula is C17H15NO4S. The van der Waals surface area contributed by atoms with E-state index >= 15 is 0 Å². The average molecular weight is 329 g/mol. The molecule has 1 aromatic carbocycles. The van der Waals surface area contributed by atoms with Gasteiger partial charge in [-0.1, -0.05) is 12.1 Å². The second kappa shape index (κ2) is 6.66. The molecule has 0 bridgehead atoms. The number of esters is 1. The molecule has 5 nitrogen and oxygen atoms in total. The van der Waals surface area contributed by atoms with Crippen molar-refractivity contribution in [1.29, 1.82) is 0 Å². The zero-order valence-corrected chi connectivity index (χ0v) is 13.6. The predicted molar refractivity (Wildman–Crippen MR) is 86.7 cm³/mol. The van der Waals surface area contributed by atoms with E-state index in [1.165, 1.54) is 17.6 Å². The predicted octanol–water partition coefficient (Wildman–Crippen LogP) is 4.08. The number of methoxy groups -OCH3 is 1. The first kappa shape index (κ1) is 15.3. The fourth-order valence-electron chi connectivity index (χ4n) is 2.06. The van der Waals surface area contributed by atoms with Gasteiger partial charge in [0.1, 0.15) is 24.3 Å². The van der Waals surface area contributed by atoms with E-state index < -0.39 is 5.97 Å². The number of carbonyl (C=O) groups is 1. The number of nitrogens with zero attached hydrogens (tertiary/aromatic N) is 1. The molecule has 0 aliphatic rings. The fraction of sp³-hybridized carbons (Fsp3) is 0.176. The van der Waals surface area contributed by atoms with Crippen molar-refractivity contribution in [3.05, 3.63) is 58.8 Å². The van der Waals surface area contributed by atoms with Crippen LogP contribution in [0.5, 0.6) is 5.75 Å². The lowest BCUT2D eigenvalue weighted by Gasteiger charge is -2.07. The third kappa shape index (κ3) is 3.43. The molecule has 0 unspecified atom stereocenters. The van der Waals surface area contributed by atoms with Crippen LogP contribution in [0.15, 0.2) is 46.4 Å². The smallest absolute Gasteiger partial charge is 0.338 e. The monoisotopic (exact) mass is 329 g/mol. The van der Waals surface area contributed by atoms with Gasteiger partial charge in [0.15, 0.2) is 0 Å². The summed E-state index contributed by atoms with van der Waals surface area (Å²) in [6, 6.07) is 9.04. The summed E-state index contributed by atoms with van der Waals surface area (Å²) in [5.74, 6) is 0.757. The molecule has 118 valence electrons. The Hall–Kier alpha value is -2.60. The Labute approximate surface area is 137 Å². The Morgan fingerprint density at radius 3 is 2.96 bits per heavy atom. The molecular weight excluding hydrogens is 314 g/mol. The second-order valence-electron chi connectivity index (χ2n) is 4.88. The van der Waals surface area contributed by atoms with Crippen LogP contribution in [0.2, 0.25) is 0 Å². The van der Waals surface area contributed by atoms with Gasteiger partial charge in [-0.3, -0.25) is 0 Å². The number of carbonyl (C=O) groups excluding carboxylic acids is 1. The molecule has 2 aromatic heterocycles. The third-order valence-electron chi connectivity index (χ3n) is 3.28. The minimum Gasteiger partial charge on any atom is -0.496 e. The topological polar surface area (TPSA) is 61.6 Å². The molecule has 0 atom stereocenters. The van der Waals surface area contributed by atoms with Crippen molar-refractivity contribution in [1.82, 2.24) is 4.98 Å². The summed E-state index contributed by atoms with van der Waals surface area (Å²) < 4.78 is 15.9. The molecule has 3 rings (SSSR count). The van der Waals surface area contributed by atoms with E-state index in [0.29, 0.717) is 22.9 Å². The molecule has 0 radical (unpaired) electrons. The van der Waals surface area contributed by atoms with Gasteiger partial charge in [0, 0.05) is 0 Å². The van der Waals surface area contributed by atoms with E-state index in [0.717, 1.165) is 10.4 Å². The number of ether oxygens (including phenoxy) is 2. The average Bonchev–Trinajstić information content (AvgIpc) is 3.24. The van der Waals surface area contributed by atoms with Crippen LogP contribution in [-0.4, -0.2) is 18.1 Å². The van der Waals surface area contributed by atoms with Gasteiger partial charge in [-0.05, 0) is 36.1 Å². The van der Waals surface area contributed by atoms with Gasteiger partial charge in [-0.2, -0.15) is 0 Å². The first-order valence-corrected chi connectivity index (χ1v) is 7.85. The maximum Gasteiger partial charge on any atom is 0.338 e. The molecule has 0 saturated heterocycles. The Morgan fingerprint density at radius 2 is 2.22 bits per heavy atom. The van der Waals surface area contributed by atoms with Crippen molar-refractivity contribution in [2.45, 2.75) is 13.5 Å². The lowest BCUT2D eigenvalue weighted by molar-refractivity contribution is 0.0467. The first-order valence-electron chi connectivity index (χ1n) is 6.97. The molecule has 0 N–H and O–H groups in total. The molecule has 2 heterocycles. The summed E-state index contributed by atoms with van der Waals surface area (Å²) >= 11 is 1.54. The van der Waals surface area contributed by atoms with Gasteiger partial charge in [-0.25, -0.2) is 9.78 Å². The number of hydrogen-bond donors (Lipinski definition) is 0. The zero-order chi connectivity index (χ0) is 16.2. The SMILES string of the molecule is COc1cc(C(=O)OCc2coc(-c3cccs3)n2)ccc1C. The van der Waals surface area contributed by atoms with Crippen LogP contribution in [0.25, 0.3) is 10.8 Å². The molecule has 0 aliphatic heterocycles. The summed E-state index contributed by atoms with van der Waals surface area (Å²) in [6.07, 6.45) is 1.50. The van der Waals surface area contributed by atoms with Crippen LogP contribution in [0.4, 0.5) is 0 Å². The Balaban J connectivity index is 1.65. The number of hydrogen-bond acceptors (Lipinski definition) is 6. The fourth-order valence-corrected chi connectivity index (χ4v) is 2.71. The number of benzene rings is 1. The molecule has 0 spiro atoms. The Bertz CT molecular complexity index is 808. The minimum atomic E-state index is -0.427. The van der Waals surface area contributed by atoms with Crippen LogP contribution in [0, 0.1) is 6.92 Å². The lowest BCUT2D eigenvalue weighted by Crippen LogP contribution is -2.06. The highest BCUT2D eigenvalue weighted by Crippen LogP contribution is 2.24. The Kier molecular flexibility index (Phi) is 4.43. The first-order chi connectivity index (χ1) is 11.2. The Morgan fingerprint density at radius 1 is 1.35 bits per heavy atom. The second-order valence-corrected chi connectivity index (χ2v) is 5.83. The van der Waals surface area contributed by atoms with Gasteiger partial charge in [0.05, 0.1) is 17.6 Å². The van der Waals surface area contributed by atoms with E-state index in [9.17, 15) is 4.79 Å². The molecule has 0 fully saturated rings. The zero-order valence-electron chi connectivity index (χ0n) is 12.7. The van der Waals surface area contributed by atoms with Gasteiger partial charge >= 0.3 is 5.97 Å². The summed E-state index contributed by atoms with van der Waals surface area (Å²) in [7, 11) is 1.57. The number of aryl methyl sites for hydroxylation is 1. The van der Waals surface area contributed by atoms with Crippen LogP contribution < -0.4 is 4.74 Å². The molecule has 6 heteroatoms. The highest BCUT2D eigenvalue weighted by molar-refractivity contribution is 7.13. The quantitative estimate of drug-likeness (QED) is 0.660. The van der Waals surface area contributed by atoms with E-state index in [2.05, 4.69) is 4.98 Å². The molecule has 0 amide bonds. The van der Waals surface area contributed by atoms with Crippen molar-refractivity contribution < 1.29 is 18.7 Å². The number of aromatic nitrogens is 1. The number of rotatable bonds is 5. The normalized spacial score (nSPS) is 10.5. The molecule has 0 saturated carbocycles. The van der Waals surface area contributed by atoms with Gasteiger partial charge < -0.3 is 13.9 Å². The van der Waals surface area contributed by atoms with E-state index in [1.807, 2.05) is 30.5 Å². The van der Waals surface area contributed by atoms with Crippen LogP contribution in [-0.2, 0) is 11.3 Å². The van der Waals surface area contributed by atoms with Crippen LogP contribution in [0.1, 0.15) is 21.6 Å². The van der Waals surface area contributed by atoms with E-state index in [1.54, 1.807) is 19.2 Å². The van der Waals surface area contributed by atoms with Crippen molar-refractivity contribution in [2.75, 3.05) is 7.11 Å².